The van der Waals surface area contributed by atoms with Gasteiger partial charge < -0.3 is 5.32 Å². The number of rotatable bonds is 4. The second-order valence-corrected chi connectivity index (χ2v) is 3.44. The number of hydrogen-bond acceptors (Lipinski definition) is 1. The molecule has 0 aliphatic heterocycles. The van der Waals surface area contributed by atoms with Crippen molar-refractivity contribution in [3.63, 3.8) is 0 Å². The van der Waals surface area contributed by atoms with E-state index in [1.165, 1.54) is 0 Å². The quantitative estimate of drug-likeness (QED) is 0.786. The van der Waals surface area contributed by atoms with Crippen LogP contribution in [0.1, 0.15) is 24.1 Å². The molecule has 0 heterocycles. The Kier molecular flexibility index (Phi) is 4.01. The first-order valence-electron chi connectivity index (χ1n) is 4.67. The molecule has 0 unspecified atom stereocenters. The van der Waals surface area contributed by atoms with Gasteiger partial charge in [-0.1, -0.05) is 29.8 Å². The van der Waals surface area contributed by atoms with Crippen molar-refractivity contribution in [1.29, 1.82) is 0 Å². The van der Waals surface area contributed by atoms with E-state index >= 15 is 0 Å². The lowest BCUT2D eigenvalue weighted by Gasteiger charge is -2.14. The first-order chi connectivity index (χ1) is 6.59. The Balaban J connectivity index is 2.56. The molecule has 0 aliphatic carbocycles. The summed E-state index contributed by atoms with van der Waals surface area (Å²) in [5.41, 5.74) is 2.19. The van der Waals surface area contributed by atoms with Gasteiger partial charge in [0.25, 0.3) is 6.43 Å². The summed E-state index contributed by atoms with van der Waals surface area (Å²) >= 11 is 0. The third-order valence-corrected chi connectivity index (χ3v) is 2.12. The average Bonchev–Trinajstić information content (AvgIpc) is 2.14. The largest absolute Gasteiger partial charge is 0.305 e. The van der Waals surface area contributed by atoms with Gasteiger partial charge in [0.15, 0.2) is 0 Å². The van der Waals surface area contributed by atoms with Crippen LogP contribution < -0.4 is 5.32 Å². The lowest BCUT2D eigenvalue weighted by atomic mass is 10.1. The van der Waals surface area contributed by atoms with Crippen molar-refractivity contribution >= 4 is 0 Å². The highest BCUT2D eigenvalue weighted by atomic mass is 19.3. The Labute approximate surface area is 83.1 Å². The molecule has 78 valence electrons. The van der Waals surface area contributed by atoms with E-state index < -0.39 is 6.43 Å². The van der Waals surface area contributed by atoms with Crippen LogP contribution in [0.5, 0.6) is 0 Å². The van der Waals surface area contributed by atoms with E-state index in [9.17, 15) is 8.78 Å². The lowest BCUT2D eigenvalue weighted by Crippen LogP contribution is -2.24. The fourth-order valence-electron chi connectivity index (χ4n) is 1.32. The van der Waals surface area contributed by atoms with E-state index in [-0.39, 0.29) is 12.6 Å². The molecule has 14 heavy (non-hydrogen) atoms. The Morgan fingerprint density at radius 3 is 2.64 bits per heavy atom. The maximum Gasteiger partial charge on any atom is 0.250 e. The zero-order chi connectivity index (χ0) is 10.6. The van der Waals surface area contributed by atoms with Gasteiger partial charge >= 0.3 is 0 Å². The van der Waals surface area contributed by atoms with Crippen molar-refractivity contribution < 1.29 is 8.78 Å². The molecule has 0 saturated heterocycles. The Bertz CT molecular complexity index is 286. The molecule has 0 aromatic heterocycles. The highest BCUT2D eigenvalue weighted by Gasteiger charge is 2.07. The molecule has 1 atom stereocenters. The van der Waals surface area contributed by atoms with Crippen LogP contribution in [0.2, 0.25) is 0 Å². The number of aryl methyl sites for hydroxylation is 1. The second kappa shape index (κ2) is 5.05. The third-order valence-electron chi connectivity index (χ3n) is 2.12. The molecule has 0 bridgehead atoms. The Hall–Kier alpha value is -0.960. The number of alkyl halides is 2. The predicted molar refractivity (Wildman–Crippen MR) is 53.6 cm³/mol. The molecule has 0 aliphatic rings. The van der Waals surface area contributed by atoms with Crippen LogP contribution >= 0.6 is 0 Å². The van der Waals surface area contributed by atoms with Gasteiger partial charge in [-0.05, 0) is 19.4 Å². The first kappa shape index (κ1) is 11.1. The minimum absolute atomic E-state index is 0.0242. The van der Waals surface area contributed by atoms with E-state index in [4.69, 9.17) is 0 Å². The summed E-state index contributed by atoms with van der Waals surface area (Å²) in [6, 6.07) is 7.84. The predicted octanol–water partition coefficient (Wildman–Crippen LogP) is 2.91. The molecule has 0 spiro atoms. The Morgan fingerprint density at radius 2 is 2.07 bits per heavy atom. The minimum Gasteiger partial charge on any atom is -0.305 e. The van der Waals surface area contributed by atoms with Gasteiger partial charge in [-0.2, -0.15) is 0 Å². The van der Waals surface area contributed by atoms with Crippen molar-refractivity contribution in [2.75, 3.05) is 6.54 Å². The maximum atomic E-state index is 11.9. The van der Waals surface area contributed by atoms with Crippen molar-refractivity contribution in [1.82, 2.24) is 5.32 Å². The van der Waals surface area contributed by atoms with Gasteiger partial charge in [0.2, 0.25) is 0 Å². The SMILES string of the molecule is Cc1cccc([C@@H](C)NCC(F)F)c1. The van der Waals surface area contributed by atoms with E-state index in [1.807, 2.05) is 38.1 Å². The normalized spacial score (nSPS) is 13.2. The van der Waals surface area contributed by atoms with E-state index in [2.05, 4.69) is 5.32 Å². The van der Waals surface area contributed by atoms with Crippen molar-refractivity contribution in [2.24, 2.45) is 0 Å². The van der Waals surface area contributed by atoms with E-state index in [0.29, 0.717) is 0 Å². The third kappa shape index (κ3) is 3.42. The van der Waals surface area contributed by atoms with Gasteiger partial charge in [-0.3, -0.25) is 0 Å². The number of hydrogen-bond donors (Lipinski definition) is 1. The molecule has 0 fully saturated rings. The molecule has 0 amide bonds. The summed E-state index contributed by atoms with van der Waals surface area (Å²) in [5.74, 6) is 0. The maximum absolute atomic E-state index is 11.9. The second-order valence-electron chi connectivity index (χ2n) is 3.44. The van der Waals surface area contributed by atoms with Crippen LogP contribution in [-0.2, 0) is 0 Å². The standard InChI is InChI=1S/C11H15F2N/c1-8-4-3-5-10(6-8)9(2)14-7-11(12)13/h3-6,9,11,14H,7H2,1-2H3/t9-/m1/s1. The summed E-state index contributed by atoms with van der Waals surface area (Å²) in [6.07, 6.45) is -2.29. The molecule has 1 aromatic rings. The topological polar surface area (TPSA) is 12.0 Å². The van der Waals surface area contributed by atoms with Crippen LogP contribution in [0.4, 0.5) is 8.78 Å². The molecule has 1 N–H and O–H groups in total. The zero-order valence-electron chi connectivity index (χ0n) is 8.43. The van der Waals surface area contributed by atoms with Crippen LogP contribution in [0.15, 0.2) is 24.3 Å². The van der Waals surface area contributed by atoms with Crippen molar-refractivity contribution in [3.05, 3.63) is 35.4 Å². The molecule has 0 saturated carbocycles. The van der Waals surface area contributed by atoms with Crippen LogP contribution in [0, 0.1) is 6.92 Å². The highest BCUT2D eigenvalue weighted by Crippen LogP contribution is 2.13. The number of benzene rings is 1. The molecule has 3 heteroatoms. The molecule has 1 rings (SSSR count). The number of halogens is 2. The molecule has 1 aromatic carbocycles. The minimum atomic E-state index is -2.29. The Morgan fingerprint density at radius 1 is 1.36 bits per heavy atom. The van der Waals surface area contributed by atoms with E-state index in [0.717, 1.165) is 11.1 Å². The van der Waals surface area contributed by atoms with Gasteiger partial charge in [-0.25, -0.2) is 8.78 Å². The molecular formula is C11H15F2N. The lowest BCUT2D eigenvalue weighted by molar-refractivity contribution is 0.142. The molecule has 0 radical (unpaired) electrons. The highest BCUT2D eigenvalue weighted by molar-refractivity contribution is 5.24. The number of nitrogens with one attached hydrogen (secondary N) is 1. The van der Waals surface area contributed by atoms with E-state index in [1.54, 1.807) is 0 Å². The first-order valence-corrected chi connectivity index (χ1v) is 4.67. The summed E-state index contributed by atoms with van der Waals surface area (Å²) < 4.78 is 23.9. The molecular weight excluding hydrogens is 184 g/mol. The van der Waals surface area contributed by atoms with Gasteiger partial charge in [0.1, 0.15) is 0 Å². The van der Waals surface area contributed by atoms with Crippen molar-refractivity contribution in [2.45, 2.75) is 26.3 Å². The smallest absolute Gasteiger partial charge is 0.250 e. The van der Waals surface area contributed by atoms with Crippen LogP contribution in [-0.4, -0.2) is 13.0 Å². The van der Waals surface area contributed by atoms with Crippen molar-refractivity contribution in [3.8, 4) is 0 Å². The fourth-order valence-corrected chi connectivity index (χ4v) is 1.32. The molecule has 1 nitrogen and oxygen atoms in total. The zero-order valence-corrected chi connectivity index (χ0v) is 8.43. The fraction of sp³-hybridized carbons (Fsp3) is 0.455. The van der Waals surface area contributed by atoms with Gasteiger partial charge in [0, 0.05) is 6.04 Å². The summed E-state index contributed by atoms with van der Waals surface area (Å²) in [6.45, 7) is 3.62. The van der Waals surface area contributed by atoms with Gasteiger partial charge in [0.05, 0.1) is 6.54 Å². The van der Waals surface area contributed by atoms with Crippen LogP contribution in [0.25, 0.3) is 0 Å². The van der Waals surface area contributed by atoms with Gasteiger partial charge in [-0.15, -0.1) is 0 Å². The van der Waals surface area contributed by atoms with Crippen LogP contribution in [0.3, 0.4) is 0 Å². The average molecular weight is 199 g/mol. The summed E-state index contributed by atoms with van der Waals surface area (Å²) in [5, 5.41) is 2.78. The summed E-state index contributed by atoms with van der Waals surface area (Å²) in [4.78, 5) is 0. The summed E-state index contributed by atoms with van der Waals surface area (Å²) in [7, 11) is 0. The monoisotopic (exact) mass is 199 g/mol.